The van der Waals surface area contributed by atoms with Gasteiger partial charge in [-0.1, -0.05) is 28.1 Å². The van der Waals surface area contributed by atoms with Crippen molar-refractivity contribution in [1.82, 2.24) is 0 Å². The first kappa shape index (κ1) is 13.3. The average Bonchev–Trinajstić information content (AvgIpc) is 2.88. The molecule has 2 nitrogen and oxygen atoms in total. The third-order valence-electron chi connectivity index (χ3n) is 3.30. The maximum atomic E-state index is 5.90. The molecule has 3 rings (SSSR count). The van der Waals surface area contributed by atoms with Crippen LogP contribution in [-0.2, 0) is 6.42 Å². The molecule has 4 heteroatoms. The van der Waals surface area contributed by atoms with Crippen molar-refractivity contribution in [3.63, 3.8) is 0 Å². The summed E-state index contributed by atoms with van der Waals surface area (Å²) >= 11 is 7.15. The molecule has 2 aromatic rings. The highest BCUT2D eigenvalue weighted by Crippen LogP contribution is 2.40. The fraction of sp³-hybridized carbons (Fsp3) is 0.333. The number of alkyl halides is 1. The quantitative estimate of drug-likeness (QED) is 0.659. The average molecular weight is 386 g/mol. The number of fused-ring (bicyclic) bond motifs is 1. The Morgan fingerprint density at radius 1 is 1.26 bits per heavy atom. The summed E-state index contributed by atoms with van der Waals surface area (Å²) in [7, 11) is 0. The molecule has 0 bridgehead atoms. The van der Waals surface area contributed by atoms with Crippen LogP contribution in [0.25, 0.3) is 0 Å². The van der Waals surface area contributed by atoms with E-state index in [4.69, 9.17) is 9.15 Å². The van der Waals surface area contributed by atoms with E-state index in [0.29, 0.717) is 0 Å². The topological polar surface area (TPSA) is 22.4 Å². The van der Waals surface area contributed by atoms with Gasteiger partial charge in [0.1, 0.15) is 11.4 Å². The molecule has 100 valence electrons. The van der Waals surface area contributed by atoms with Gasteiger partial charge >= 0.3 is 0 Å². The molecule has 0 amide bonds. The first-order valence-corrected chi connectivity index (χ1v) is 7.86. The van der Waals surface area contributed by atoms with E-state index < -0.39 is 0 Å². The van der Waals surface area contributed by atoms with Crippen molar-refractivity contribution in [2.45, 2.75) is 30.7 Å². The molecule has 2 heterocycles. The maximum absolute atomic E-state index is 5.90. The Bertz CT molecular complexity index is 616. The van der Waals surface area contributed by atoms with E-state index >= 15 is 0 Å². The minimum absolute atomic E-state index is 0.0982. The lowest BCUT2D eigenvalue weighted by atomic mass is 9.98. The summed E-state index contributed by atoms with van der Waals surface area (Å²) in [6.45, 7) is 4.23. The van der Waals surface area contributed by atoms with Crippen molar-refractivity contribution in [3.8, 4) is 5.75 Å². The highest BCUT2D eigenvalue weighted by molar-refractivity contribution is 9.10. The molecule has 0 fully saturated rings. The molecule has 19 heavy (non-hydrogen) atoms. The summed E-state index contributed by atoms with van der Waals surface area (Å²) in [5.74, 6) is 1.000. The second-order valence-corrected chi connectivity index (χ2v) is 7.05. The van der Waals surface area contributed by atoms with Crippen LogP contribution >= 0.6 is 31.9 Å². The summed E-state index contributed by atoms with van der Waals surface area (Å²) in [5, 5.41) is 0. The molecule has 1 aromatic heterocycles. The van der Waals surface area contributed by atoms with Crippen molar-refractivity contribution < 1.29 is 9.15 Å². The van der Waals surface area contributed by atoms with E-state index in [1.807, 2.05) is 6.07 Å². The number of hydrogen-bond acceptors (Lipinski definition) is 2. The lowest BCUT2D eigenvalue weighted by Gasteiger charge is -2.16. The van der Waals surface area contributed by atoms with Crippen molar-refractivity contribution in [2.24, 2.45) is 0 Å². The zero-order valence-electron chi connectivity index (χ0n) is 10.7. The van der Waals surface area contributed by atoms with Gasteiger partial charge in [0.2, 0.25) is 0 Å². The standard InChI is InChI=1S/C15H14Br2O2/c1-15(2)8-10-7-9(3-4-12(10)19-15)13(16)11-5-6-18-14(11)17/h3-7,13H,8H2,1-2H3. The Hall–Kier alpha value is -0.740. The number of hydrogen-bond donors (Lipinski definition) is 0. The van der Waals surface area contributed by atoms with Crippen LogP contribution in [0.4, 0.5) is 0 Å². The molecular formula is C15H14Br2O2. The lowest BCUT2D eigenvalue weighted by molar-refractivity contribution is 0.138. The molecule has 0 N–H and O–H groups in total. The van der Waals surface area contributed by atoms with Crippen molar-refractivity contribution in [1.29, 1.82) is 0 Å². The highest BCUT2D eigenvalue weighted by Gasteiger charge is 2.30. The SMILES string of the molecule is CC1(C)Cc2cc(C(Br)c3ccoc3Br)ccc2O1. The smallest absolute Gasteiger partial charge is 0.173 e. The third kappa shape index (κ3) is 2.48. The molecule has 1 atom stereocenters. The third-order valence-corrected chi connectivity index (χ3v) is 4.97. The van der Waals surface area contributed by atoms with Gasteiger partial charge in [0, 0.05) is 12.0 Å². The molecule has 1 unspecified atom stereocenters. The minimum atomic E-state index is -0.0982. The maximum Gasteiger partial charge on any atom is 0.173 e. The van der Waals surface area contributed by atoms with Crippen LogP contribution in [0.3, 0.4) is 0 Å². The predicted molar refractivity (Wildman–Crippen MR) is 82.0 cm³/mol. The van der Waals surface area contributed by atoms with E-state index in [9.17, 15) is 0 Å². The van der Waals surface area contributed by atoms with E-state index in [0.717, 1.165) is 22.4 Å². The monoisotopic (exact) mass is 384 g/mol. The molecule has 1 aliphatic rings. The molecule has 0 saturated carbocycles. The van der Waals surface area contributed by atoms with Gasteiger partial charge < -0.3 is 9.15 Å². The minimum Gasteiger partial charge on any atom is -0.487 e. The highest BCUT2D eigenvalue weighted by atomic mass is 79.9. The lowest BCUT2D eigenvalue weighted by Crippen LogP contribution is -2.24. The number of halogens is 2. The van der Waals surface area contributed by atoms with Crippen LogP contribution in [0, 0.1) is 0 Å². The predicted octanol–water partition coefficient (Wildman–Crippen LogP) is 5.24. The number of rotatable bonds is 2. The number of furan rings is 1. The van der Waals surface area contributed by atoms with Gasteiger partial charge in [-0.25, -0.2) is 0 Å². The van der Waals surface area contributed by atoms with E-state index in [-0.39, 0.29) is 10.4 Å². The molecule has 1 aliphatic heterocycles. The largest absolute Gasteiger partial charge is 0.487 e. The van der Waals surface area contributed by atoms with Crippen LogP contribution in [-0.4, -0.2) is 5.60 Å². The van der Waals surface area contributed by atoms with E-state index in [1.165, 1.54) is 11.1 Å². The zero-order chi connectivity index (χ0) is 13.6. The number of ether oxygens (including phenoxy) is 1. The summed E-state index contributed by atoms with van der Waals surface area (Å²) in [4.78, 5) is 0.120. The Morgan fingerprint density at radius 2 is 2.05 bits per heavy atom. The summed E-state index contributed by atoms with van der Waals surface area (Å²) < 4.78 is 12.0. The van der Waals surface area contributed by atoms with Crippen LogP contribution in [0.1, 0.15) is 35.4 Å². The Balaban J connectivity index is 1.94. The van der Waals surface area contributed by atoms with Crippen LogP contribution < -0.4 is 4.74 Å². The van der Waals surface area contributed by atoms with Crippen molar-refractivity contribution in [3.05, 3.63) is 51.9 Å². The first-order valence-electron chi connectivity index (χ1n) is 6.15. The summed E-state index contributed by atoms with van der Waals surface area (Å²) in [6.07, 6.45) is 2.63. The van der Waals surface area contributed by atoms with Crippen LogP contribution in [0.15, 0.2) is 39.6 Å². The van der Waals surface area contributed by atoms with Gasteiger partial charge in [-0.3, -0.25) is 0 Å². The Morgan fingerprint density at radius 3 is 2.74 bits per heavy atom. The molecule has 0 aliphatic carbocycles. The van der Waals surface area contributed by atoms with Gasteiger partial charge in [0.05, 0.1) is 11.1 Å². The van der Waals surface area contributed by atoms with E-state index in [2.05, 4.69) is 63.9 Å². The summed E-state index contributed by atoms with van der Waals surface area (Å²) in [6, 6.07) is 8.33. The molecular weight excluding hydrogens is 372 g/mol. The zero-order valence-corrected chi connectivity index (χ0v) is 13.9. The summed E-state index contributed by atoms with van der Waals surface area (Å²) in [5.41, 5.74) is 3.48. The Labute approximate surface area is 129 Å². The molecule has 1 aromatic carbocycles. The van der Waals surface area contributed by atoms with Crippen molar-refractivity contribution >= 4 is 31.9 Å². The van der Waals surface area contributed by atoms with Crippen LogP contribution in [0.2, 0.25) is 0 Å². The first-order chi connectivity index (χ1) is 8.96. The second kappa shape index (κ2) is 4.67. The van der Waals surface area contributed by atoms with Crippen LogP contribution in [0.5, 0.6) is 5.75 Å². The van der Waals surface area contributed by atoms with Gasteiger partial charge in [-0.2, -0.15) is 0 Å². The molecule has 0 saturated heterocycles. The van der Waals surface area contributed by atoms with Gasteiger partial charge in [0.15, 0.2) is 4.67 Å². The van der Waals surface area contributed by atoms with Gasteiger partial charge in [0.25, 0.3) is 0 Å². The van der Waals surface area contributed by atoms with Gasteiger partial charge in [-0.05, 0) is 53.0 Å². The van der Waals surface area contributed by atoms with Gasteiger partial charge in [-0.15, -0.1) is 0 Å². The molecule has 0 radical (unpaired) electrons. The van der Waals surface area contributed by atoms with E-state index in [1.54, 1.807) is 6.26 Å². The molecule has 0 spiro atoms. The normalized spacial score (nSPS) is 17.9. The Kier molecular flexibility index (Phi) is 3.26. The second-order valence-electron chi connectivity index (χ2n) is 5.42. The number of benzene rings is 1. The fourth-order valence-corrected chi connectivity index (χ4v) is 3.87. The fourth-order valence-electron chi connectivity index (χ4n) is 2.45. The van der Waals surface area contributed by atoms with Crippen molar-refractivity contribution in [2.75, 3.05) is 0 Å².